The van der Waals surface area contributed by atoms with Crippen LogP contribution >= 0.6 is 0 Å². The summed E-state index contributed by atoms with van der Waals surface area (Å²) in [5, 5.41) is 26.2. The Morgan fingerprint density at radius 3 is 2.09 bits per heavy atom. The molecule has 5 nitrogen and oxygen atoms in total. The molecule has 0 aliphatic carbocycles. The largest absolute Gasteiger partial charge is 0.387 e. The Kier molecular flexibility index (Phi) is 3.88. The average Bonchev–Trinajstić information content (AvgIpc) is 2.00. The Labute approximate surface area is 63.3 Å². The van der Waals surface area contributed by atoms with Gasteiger partial charge in [0.1, 0.15) is 18.3 Å². The normalized spacial score (nSPS) is 18.5. The van der Waals surface area contributed by atoms with Gasteiger partial charge in [-0.25, -0.2) is 0 Å². The fraction of sp³-hybridized carbons (Fsp3) is 0.667. The second kappa shape index (κ2) is 4.17. The van der Waals surface area contributed by atoms with E-state index in [0.717, 1.165) is 6.92 Å². The summed E-state index contributed by atoms with van der Waals surface area (Å²) in [6.07, 6.45) is -5.09. The molecule has 0 rings (SSSR count). The molecular formula is C6H10O5. The summed E-state index contributed by atoms with van der Waals surface area (Å²) in [6, 6.07) is 0. The molecule has 0 spiro atoms. The number of rotatable bonds is 4. The number of hydrogen-bond donors (Lipinski definition) is 3. The maximum atomic E-state index is 10.4. The number of hydrogen-bond acceptors (Lipinski definition) is 5. The molecule has 0 aromatic heterocycles. The van der Waals surface area contributed by atoms with Crippen molar-refractivity contribution >= 4 is 12.1 Å². The Hall–Kier alpha value is -0.780. The number of ketones is 1. The zero-order valence-electron chi connectivity index (χ0n) is 5.97. The van der Waals surface area contributed by atoms with Gasteiger partial charge in [-0.3, -0.25) is 4.79 Å². The number of aliphatic hydroxyl groups is 3. The molecule has 11 heavy (non-hydrogen) atoms. The van der Waals surface area contributed by atoms with E-state index in [1.807, 2.05) is 0 Å². The number of aliphatic hydroxyl groups excluding tert-OH is 3. The van der Waals surface area contributed by atoms with Crippen molar-refractivity contribution in [2.75, 3.05) is 0 Å². The van der Waals surface area contributed by atoms with Crippen LogP contribution in [0.25, 0.3) is 0 Å². The lowest BCUT2D eigenvalue weighted by molar-refractivity contribution is -0.139. The summed E-state index contributed by atoms with van der Waals surface area (Å²) in [5.41, 5.74) is 0. The molecule has 0 heterocycles. The second-order valence-electron chi connectivity index (χ2n) is 2.17. The third kappa shape index (κ3) is 2.75. The van der Waals surface area contributed by atoms with Gasteiger partial charge < -0.3 is 20.1 Å². The van der Waals surface area contributed by atoms with Crippen LogP contribution in [-0.4, -0.2) is 45.7 Å². The lowest BCUT2D eigenvalue weighted by Gasteiger charge is -2.16. The smallest absolute Gasteiger partial charge is 0.160 e. The second-order valence-corrected chi connectivity index (χ2v) is 2.17. The summed E-state index contributed by atoms with van der Waals surface area (Å²) in [6.45, 7) is 1.05. The number of aldehydes is 1. The van der Waals surface area contributed by atoms with Crippen LogP contribution in [0.2, 0.25) is 0 Å². The van der Waals surface area contributed by atoms with Gasteiger partial charge in [0.25, 0.3) is 0 Å². The van der Waals surface area contributed by atoms with E-state index in [9.17, 15) is 9.59 Å². The number of carbonyl (C=O) groups excluding carboxylic acids is 2. The summed E-state index contributed by atoms with van der Waals surface area (Å²) in [4.78, 5) is 20.2. The molecule has 0 saturated carbocycles. The standard InChI is InChI=1S/C6H10O5/c1-3(8)5(10)6(11)4(9)2-7/h2,4-6,9-11H,1H3/t4-,5-,6+/m0/s1. The molecular weight excluding hydrogens is 152 g/mol. The zero-order valence-corrected chi connectivity index (χ0v) is 5.97. The highest BCUT2D eigenvalue weighted by Crippen LogP contribution is 1.98. The van der Waals surface area contributed by atoms with Crippen molar-refractivity contribution in [2.24, 2.45) is 0 Å². The highest BCUT2D eigenvalue weighted by molar-refractivity contribution is 5.81. The van der Waals surface area contributed by atoms with Gasteiger partial charge in [0, 0.05) is 0 Å². The Balaban J connectivity index is 4.11. The van der Waals surface area contributed by atoms with Crippen LogP contribution in [-0.2, 0) is 9.59 Å². The van der Waals surface area contributed by atoms with E-state index in [-0.39, 0.29) is 6.29 Å². The molecule has 0 fully saturated rings. The summed E-state index contributed by atoms with van der Waals surface area (Å²) >= 11 is 0. The van der Waals surface area contributed by atoms with E-state index in [1.54, 1.807) is 0 Å². The van der Waals surface area contributed by atoms with Crippen molar-refractivity contribution in [3.63, 3.8) is 0 Å². The van der Waals surface area contributed by atoms with Crippen molar-refractivity contribution in [2.45, 2.75) is 25.2 Å². The van der Waals surface area contributed by atoms with E-state index in [1.165, 1.54) is 0 Å². The minimum absolute atomic E-state index is 0.0524. The van der Waals surface area contributed by atoms with Crippen LogP contribution in [0, 0.1) is 0 Å². The van der Waals surface area contributed by atoms with Gasteiger partial charge in [0.05, 0.1) is 0 Å². The average molecular weight is 162 g/mol. The van der Waals surface area contributed by atoms with Crippen LogP contribution < -0.4 is 0 Å². The van der Waals surface area contributed by atoms with Gasteiger partial charge in [-0.2, -0.15) is 0 Å². The highest BCUT2D eigenvalue weighted by Gasteiger charge is 2.27. The topological polar surface area (TPSA) is 94.8 Å². The first kappa shape index (κ1) is 10.2. The Morgan fingerprint density at radius 2 is 1.82 bits per heavy atom. The lowest BCUT2D eigenvalue weighted by atomic mass is 10.1. The van der Waals surface area contributed by atoms with Crippen LogP contribution in [0.5, 0.6) is 0 Å². The van der Waals surface area contributed by atoms with Gasteiger partial charge in [-0.15, -0.1) is 0 Å². The van der Waals surface area contributed by atoms with Crippen LogP contribution in [0.15, 0.2) is 0 Å². The number of carbonyl (C=O) groups is 2. The van der Waals surface area contributed by atoms with Crippen LogP contribution in [0.4, 0.5) is 0 Å². The molecule has 0 aromatic carbocycles. The first-order chi connectivity index (χ1) is 5.00. The van der Waals surface area contributed by atoms with E-state index in [2.05, 4.69) is 0 Å². The minimum Gasteiger partial charge on any atom is -0.387 e. The summed E-state index contributed by atoms with van der Waals surface area (Å²) in [5.74, 6) is -0.696. The predicted octanol–water partition coefficient (Wildman–Crippen LogP) is -2.14. The molecule has 64 valence electrons. The third-order valence-corrected chi connectivity index (χ3v) is 1.23. The quantitative estimate of drug-likeness (QED) is 0.410. The molecule has 0 bridgehead atoms. The van der Waals surface area contributed by atoms with Gasteiger partial charge >= 0.3 is 0 Å². The SMILES string of the molecule is CC(=O)[C@H](O)[C@H](O)[C@@H](O)C=O. The van der Waals surface area contributed by atoms with Gasteiger partial charge in [-0.1, -0.05) is 0 Å². The Bertz CT molecular complexity index is 155. The predicted molar refractivity (Wildman–Crippen MR) is 34.8 cm³/mol. The third-order valence-electron chi connectivity index (χ3n) is 1.23. The zero-order chi connectivity index (χ0) is 9.02. The van der Waals surface area contributed by atoms with E-state index in [0.29, 0.717) is 0 Å². The number of Topliss-reactive ketones (excluding diaryl/α,β-unsaturated/α-hetero) is 1. The molecule has 0 aromatic rings. The fourth-order valence-electron chi connectivity index (χ4n) is 0.508. The molecule has 0 radical (unpaired) electrons. The monoisotopic (exact) mass is 162 g/mol. The fourth-order valence-corrected chi connectivity index (χ4v) is 0.508. The molecule has 0 unspecified atom stereocenters. The van der Waals surface area contributed by atoms with E-state index < -0.39 is 24.1 Å². The first-order valence-corrected chi connectivity index (χ1v) is 3.00. The molecule has 0 saturated heterocycles. The molecule has 3 N–H and O–H groups in total. The van der Waals surface area contributed by atoms with Crippen molar-refractivity contribution in [1.29, 1.82) is 0 Å². The van der Waals surface area contributed by atoms with E-state index >= 15 is 0 Å². The molecule has 5 heteroatoms. The van der Waals surface area contributed by atoms with E-state index in [4.69, 9.17) is 15.3 Å². The first-order valence-electron chi connectivity index (χ1n) is 3.00. The molecule has 3 atom stereocenters. The van der Waals surface area contributed by atoms with Crippen molar-refractivity contribution in [3.8, 4) is 0 Å². The Morgan fingerprint density at radius 1 is 1.36 bits per heavy atom. The van der Waals surface area contributed by atoms with Crippen molar-refractivity contribution in [1.82, 2.24) is 0 Å². The molecule has 0 aliphatic heterocycles. The van der Waals surface area contributed by atoms with Gasteiger partial charge in [0.15, 0.2) is 12.1 Å². The van der Waals surface area contributed by atoms with Crippen molar-refractivity contribution in [3.05, 3.63) is 0 Å². The summed E-state index contributed by atoms with van der Waals surface area (Å²) in [7, 11) is 0. The highest BCUT2D eigenvalue weighted by atomic mass is 16.4. The molecule has 0 aliphatic rings. The maximum absolute atomic E-state index is 10.4. The van der Waals surface area contributed by atoms with Crippen molar-refractivity contribution < 1.29 is 24.9 Å². The van der Waals surface area contributed by atoms with Crippen LogP contribution in [0.1, 0.15) is 6.92 Å². The van der Waals surface area contributed by atoms with Gasteiger partial charge in [-0.05, 0) is 6.92 Å². The lowest BCUT2D eigenvalue weighted by Crippen LogP contribution is -2.42. The maximum Gasteiger partial charge on any atom is 0.160 e. The van der Waals surface area contributed by atoms with Gasteiger partial charge in [0.2, 0.25) is 0 Å². The molecule has 0 amide bonds. The van der Waals surface area contributed by atoms with Crippen LogP contribution in [0.3, 0.4) is 0 Å². The summed E-state index contributed by atoms with van der Waals surface area (Å²) < 4.78 is 0. The minimum atomic E-state index is -1.73.